The number of hydrogen-bond acceptors (Lipinski definition) is 6. The van der Waals surface area contributed by atoms with Gasteiger partial charge in [-0.15, -0.1) is 0 Å². The van der Waals surface area contributed by atoms with Gasteiger partial charge in [0.15, 0.2) is 0 Å². The third-order valence-corrected chi connectivity index (χ3v) is 6.72. The fourth-order valence-electron chi connectivity index (χ4n) is 4.80. The maximum Gasteiger partial charge on any atom is 0.414 e. The van der Waals surface area contributed by atoms with Gasteiger partial charge in [0.1, 0.15) is 17.1 Å². The number of ether oxygens (including phenoxy) is 4. The minimum Gasteiger partial charge on any atom is -0.496 e. The Morgan fingerprint density at radius 1 is 1.11 bits per heavy atom. The predicted octanol–water partition coefficient (Wildman–Crippen LogP) is 6.27. The number of carbonyl (C=O) groups excluding carboxylic acids is 1. The Balaban J connectivity index is 1.91. The molecule has 0 bridgehead atoms. The van der Waals surface area contributed by atoms with Gasteiger partial charge in [-0.05, 0) is 75.8 Å². The number of anilines is 1. The molecule has 1 amide bonds. The number of aromatic nitrogens is 2. The van der Waals surface area contributed by atoms with Gasteiger partial charge in [0, 0.05) is 13.7 Å². The van der Waals surface area contributed by atoms with E-state index in [1.54, 1.807) is 26.2 Å². The van der Waals surface area contributed by atoms with Crippen LogP contribution in [0.4, 0.5) is 10.5 Å². The van der Waals surface area contributed by atoms with Crippen molar-refractivity contribution >= 4 is 17.3 Å². The predicted molar refractivity (Wildman–Crippen MR) is 145 cm³/mol. The Bertz CT molecular complexity index is 1230. The summed E-state index contributed by atoms with van der Waals surface area (Å²) in [5, 5.41) is 5.00. The van der Waals surface area contributed by atoms with Crippen LogP contribution in [0.1, 0.15) is 58.2 Å². The number of fused-ring (bicyclic) bond motifs is 1. The van der Waals surface area contributed by atoms with Gasteiger partial charge in [-0.3, -0.25) is 4.90 Å². The van der Waals surface area contributed by atoms with Crippen molar-refractivity contribution in [2.45, 2.75) is 65.6 Å². The van der Waals surface area contributed by atoms with Gasteiger partial charge in [-0.25, -0.2) is 9.31 Å². The number of benzene rings is 1. The van der Waals surface area contributed by atoms with E-state index in [0.29, 0.717) is 37.0 Å². The Labute approximate surface area is 219 Å². The van der Waals surface area contributed by atoms with Crippen molar-refractivity contribution in [3.8, 4) is 22.8 Å². The standard InChI is InChI=1S/C29H39N3O5/c1-8-21-27(31(17-19-11-9-12-19)28(33)37-29(2,3)4)23-14-10-13-22(32(23)30-21)26-24(35-6)15-20(18-34-5)16-25(26)36-7/h10,13-16,19H,8-9,11-12,17-18H2,1-7H3. The average Bonchev–Trinajstić information content (AvgIpc) is 3.20. The monoisotopic (exact) mass is 509 g/mol. The molecule has 200 valence electrons. The molecule has 0 aliphatic heterocycles. The van der Waals surface area contributed by atoms with E-state index in [4.69, 9.17) is 24.0 Å². The summed E-state index contributed by atoms with van der Waals surface area (Å²) in [7, 11) is 4.94. The number of hydrogen-bond donors (Lipinski definition) is 0. The van der Waals surface area contributed by atoms with Gasteiger partial charge in [-0.1, -0.05) is 19.4 Å². The highest BCUT2D eigenvalue weighted by molar-refractivity contribution is 5.95. The van der Waals surface area contributed by atoms with E-state index < -0.39 is 5.60 Å². The summed E-state index contributed by atoms with van der Waals surface area (Å²) in [6.45, 7) is 8.80. The van der Waals surface area contributed by atoms with Crippen LogP contribution in [0.5, 0.6) is 11.5 Å². The van der Waals surface area contributed by atoms with Crippen molar-refractivity contribution in [3.05, 3.63) is 41.6 Å². The minimum atomic E-state index is -0.597. The lowest BCUT2D eigenvalue weighted by atomic mass is 9.85. The Hall–Kier alpha value is -3.26. The summed E-state index contributed by atoms with van der Waals surface area (Å²) < 4.78 is 24.7. The second-order valence-corrected chi connectivity index (χ2v) is 10.6. The molecule has 4 rings (SSSR count). The quantitative estimate of drug-likeness (QED) is 0.338. The van der Waals surface area contributed by atoms with E-state index in [9.17, 15) is 4.79 Å². The molecule has 1 aromatic carbocycles. The molecule has 0 N–H and O–H groups in total. The van der Waals surface area contributed by atoms with E-state index in [1.807, 2.05) is 55.6 Å². The van der Waals surface area contributed by atoms with Crippen LogP contribution in [0.25, 0.3) is 16.8 Å². The first-order chi connectivity index (χ1) is 17.7. The van der Waals surface area contributed by atoms with Crippen LogP contribution in [-0.4, -0.2) is 49.2 Å². The zero-order chi connectivity index (χ0) is 26.7. The molecule has 2 aromatic heterocycles. The molecule has 3 aromatic rings. The zero-order valence-corrected chi connectivity index (χ0v) is 23.1. The van der Waals surface area contributed by atoms with E-state index in [1.165, 1.54) is 6.42 Å². The molecule has 8 heteroatoms. The molecule has 1 aliphatic rings. The number of methoxy groups -OCH3 is 3. The molecule has 1 fully saturated rings. The highest BCUT2D eigenvalue weighted by Crippen LogP contribution is 2.42. The molecule has 37 heavy (non-hydrogen) atoms. The second-order valence-electron chi connectivity index (χ2n) is 10.6. The Morgan fingerprint density at radius 2 is 1.78 bits per heavy atom. The first kappa shape index (κ1) is 26.8. The zero-order valence-electron chi connectivity index (χ0n) is 23.1. The average molecular weight is 510 g/mol. The van der Waals surface area contributed by atoms with Crippen LogP contribution < -0.4 is 14.4 Å². The first-order valence-corrected chi connectivity index (χ1v) is 13.0. The maximum absolute atomic E-state index is 13.5. The molecular weight excluding hydrogens is 470 g/mol. The molecule has 0 radical (unpaired) electrons. The lowest BCUT2D eigenvalue weighted by Crippen LogP contribution is -2.41. The van der Waals surface area contributed by atoms with Crippen LogP contribution in [0.2, 0.25) is 0 Å². The summed E-state index contributed by atoms with van der Waals surface area (Å²) in [5.74, 6) is 1.78. The highest BCUT2D eigenvalue weighted by atomic mass is 16.6. The van der Waals surface area contributed by atoms with E-state index in [0.717, 1.165) is 46.6 Å². The SMILES string of the molecule is CCc1nn2c(-c3c(OC)cc(COC)cc3OC)cccc2c1N(CC1CCC1)C(=O)OC(C)(C)C. The van der Waals surface area contributed by atoms with Gasteiger partial charge < -0.3 is 18.9 Å². The third-order valence-electron chi connectivity index (χ3n) is 6.72. The van der Waals surface area contributed by atoms with Crippen molar-refractivity contribution in [2.75, 3.05) is 32.8 Å². The number of amides is 1. The minimum absolute atomic E-state index is 0.339. The lowest BCUT2D eigenvalue weighted by Gasteiger charge is -2.33. The van der Waals surface area contributed by atoms with Crippen LogP contribution in [0.3, 0.4) is 0 Å². The third kappa shape index (κ3) is 5.54. The number of nitrogens with zero attached hydrogens (tertiary/aromatic N) is 3. The molecule has 0 unspecified atom stereocenters. The van der Waals surface area contributed by atoms with Crippen LogP contribution in [-0.2, 0) is 22.5 Å². The molecule has 0 saturated heterocycles. The van der Waals surface area contributed by atoms with Crippen molar-refractivity contribution in [1.29, 1.82) is 0 Å². The first-order valence-electron chi connectivity index (χ1n) is 13.0. The maximum atomic E-state index is 13.5. The van der Waals surface area contributed by atoms with Gasteiger partial charge in [0.25, 0.3) is 0 Å². The largest absolute Gasteiger partial charge is 0.496 e. The van der Waals surface area contributed by atoms with E-state index in [-0.39, 0.29) is 6.09 Å². The van der Waals surface area contributed by atoms with Gasteiger partial charge in [-0.2, -0.15) is 5.10 Å². The van der Waals surface area contributed by atoms with Crippen molar-refractivity contribution in [2.24, 2.45) is 5.92 Å². The van der Waals surface area contributed by atoms with Gasteiger partial charge in [0.05, 0.1) is 49.0 Å². The number of aryl methyl sites for hydroxylation is 1. The number of rotatable bonds is 9. The van der Waals surface area contributed by atoms with Gasteiger partial charge >= 0.3 is 6.09 Å². The highest BCUT2D eigenvalue weighted by Gasteiger charge is 2.32. The normalized spacial score (nSPS) is 13.9. The molecule has 2 heterocycles. The summed E-state index contributed by atoms with van der Waals surface area (Å²) in [4.78, 5) is 15.3. The Morgan fingerprint density at radius 3 is 2.30 bits per heavy atom. The topological polar surface area (TPSA) is 74.5 Å². The summed E-state index contributed by atoms with van der Waals surface area (Å²) in [5.41, 5.74) is 4.42. The molecule has 1 aliphatic carbocycles. The molecular formula is C29H39N3O5. The van der Waals surface area contributed by atoms with Crippen molar-refractivity contribution in [3.63, 3.8) is 0 Å². The summed E-state index contributed by atoms with van der Waals surface area (Å²) in [6.07, 6.45) is 3.77. The summed E-state index contributed by atoms with van der Waals surface area (Å²) in [6, 6.07) is 9.88. The molecule has 0 spiro atoms. The molecule has 0 atom stereocenters. The van der Waals surface area contributed by atoms with Crippen molar-refractivity contribution < 1.29 is 23.7 Å². The van der Waals surface area contributed by atoms with Crippen LogP contribution in [0, 0.1) is 5.92 Å². The smallest absolute Gasteiger partial charge is 0.414 e. The number of pyridine rings is 1. The molecule has 8 nitrogen and oxygen atoms in total. The van der Waals surface area contributed by atoms with E-state index >= 15 is 0 Å². The van der Waals surface area contributed by atoms with Gasteiger partial charge in [0.2, 0.25) is 0 Å². The molecule has 1 saturated carbocycles. The Kier molecular flexibility index (Phi) is 7.97. The fraction of sp³-hybridized carbons (Fsp3) is 0.517. The van der Waals surface area contributed by atoms with Crippen LogP contribution >= 0.6 is 0 Å². The number of carbonyl (C=O) groups is 1. The second kappa shape index (κ2) is 11.0. The lowest BCUT2D eigenvalue weighted by molar-refractivity contribution is 0.0568. The van der Waals surface area contributed by atoms with Crippen LogP contribution in [0.15, 0.2) is 30.3 Å². The van der Waals surface area contributed by atoms with Crippen molar-refractivity contribution in [1.82, 2.24) is 9.61 Å². The fourth-order valence-corrected chi connectivity index (χ4v) is 4.80. The summed E-state index contributed by atoms with van der Waals surface area (Å²) >= 11 is 0. The van der Waals surface area contributed by atoms with E-state index in [2.05, 4.69) is 6.92 Å².